The number of aromatic nitrogens is 4. The van der Waals surface area contributed by atoms with Crippen LogP contribution in [0, 0.1) is 0 Å². The van der Waals surface area contributed by atoms with Crippen LogP contribution >= 0.6 is 11.8 Å². The average molecular weight is 328 g/mol. The van der Waals surface area contributed by atoms with Gasteiger partial charge in [0.25, 0.3) is 0 Å². The molecule has 7 nitrogen and oxygen atoms in total. The SMILES string of the molecule is O=C1CCCc2nc(SCc3nc(-c4ccoc4)no3)ncc21. The lowest BCUT2D eigenvalue weighted by Crippen LogP contribution is -2.13. The molecule has 0 N–H and O–H groups in total. The van der Waals surface area contributed by atoms with Crippen LogP contribution in [-0.2, 0) is 12.2 Å². The van der Waals surface area contributed by atoms with Gasteiger partial charge in [-0.15, -0.1) is 0 Å². The third-order valence-electron chi connectivity index (χ3n) is 3.54. The van der Waals surface area contributed by atoms with Gasteiger partial charge < -0.3 is 8.94 Å². The van der Waals surface area contributed by atoms with E-state index in [4.69, 9.17) is 8.94 Å². The molecule has 0 amide bonds. The van der Waals surface area contributed by atoms with E-state index in [0.29, 0.717) is 34.6 Å². The van der Waals surface area contributed by atoms with Crippen LogP contribution < -0.4 is 0 Å². The number of fused-ring (bicyclic) bond motifs is 1. The van der Waals surface area contributed by atoms with Crippen molar-refractivity contribution in [2.45, 2.75) is 30.2 Å². The standard InChI is InChI=1S/C15H12N4O3S/c20-12-3-1-2-11-10(12)6-16-15(17-11)23-8-13-18-14(19-22-13)9-4-5-21-7-9/h4-7H,1-3,8H2. The first-order valence-electron chi connectivity index (χ1n) is 7.16. The van der Waals surface area contributed by atoms with Gasteiger partial charge in [-0.1, -0.05) is 16.9 Å². The van der Waals surface area contributed by atoms with Crippen molar-refractivity contribution in [2.24, 2.45) is 0 Å². The first kappa shape index (κ1) is 14.1. The molecule has 1 aliphatic carbocycles. The molecule has 8 heteroatoms. The predicted octanol–water partition coefficient (Wildman–Crippen LogP) is 2.93. The van der Waals surface area contributed by atoms with Crippen molar-refractivity contribution in [2.75, 3.05) is 0 Å². The second kappa shape index (κ2) is 5.96. The van der Waals surface area contributed by atoms with Crippen LogP contribution in [-0.4, -0.2) is 25.9 Å². The van der Waals surface area contributed by atoms with Crippen LogP contribution in [0.1, 0.15) is 34.8 Å². The van der Waals surface area contributed by atoms with Crippen molar-refractivity contribution >= 4 is 17.5 Å². The summed E-state index contributed by atoms with van der Waals surface area (Å²) in [5, 5.41) is 4.52. The molecule has 3 aromatic rings. The molecular formula is C15H12N4O3S. The molecule has 4 rings (SSSR count). The summed E-state index contributed by atoms with van der Waals surface area (Å²) in [6.07, 6.45) is 7.00. The predicted molar refractivity (Wildman–Crippen MR) is 80.9 cm³/mol. The molecule has 0 spiro atoms. The number of carbonyl (C=O) groups excluding carboxylic acids is 1. The minimum Gasteiger partial charge on any atom is -0.472 e. The molecule has 0 fully saturated rings. The van der Waals surface area contributed by atoms with Crippen LogP contribution in [0.5, 0.6) is 0 Å². The zero-order chi connectivity index (χ0) is 15.6. The first-order valence-corrected chi connectivity index (χ1v) is 8.15. The van der Waals surface area contributed by atoms with Gasteiger partial charge in [0.15, 0.2) is 10.9 Å². The molecular weight excluding hydrogens is 316 g/mol. The number of hydrogen-bond acceptors (Lipinski definition) is 8. The van der Waals surface area contributed by atoms with Crippen molar-refractivity contribution in [3.63, 3.8) is 0 Å². The van der Waals surface area contributed by atoms with Gasteiger partial charge in [0.05, 0.1) is 28.8 Å². The van der Waals surface area contributed by atoms with Crippen molar-refractivity contribution in [1.29, 1.82) is 0 Å². The number of Topliss-reactive ketones (excluding diaryl/α,β-unsaturated/α-hetero) is 1. The Morgan fingerprint density at radius 3 is 3.09 bits per heavy atom. The van der Waals surface area contributed by atoms with Gasteiger partial charge in [0, 0.05) is 12.6 Å². The normalized spacial score (nSPS) is 14.0. The Morgan fingerprint density at radius 2 is 2.22 bits per heavy atom. The van der Waals surface area contributed by atoms with Crippen molar-refractivity contribution < 1.29 is 13.7 Å². The highest BCUT2D eigenvalue weighted by Gasteiger charge is 2.19. The molecule has 3 heterocycles. The number of carbonyl (C=O) groups is 1. The summed E-state index contributed by atoms with van der Waals surface area (Å²) in [7, 11) is 0. The Hall–Kier alpha value is -2.48. The van der Waals surface area contributed by atoms with Gasteiger partial charge in [0.2, 0.25) is 11.7 Å². The fraction of sp³-hybridized carbons (Fsp3) is 0.267. The van der Waals surface area contributed by atoms with Crippen molar-refractivity contribution in [3.8, 4) is 11.4 Å². The summed E-state index contributed by atoms with van der Waals surface area (Å²) < 4.78 is 10.2. The fourth-order valence-electron chi connectivity index (χ4n) is 2.39. The van der Waals surface area contributed by atoms with Crippen LogP contribution in [0.25, 0.3) is 11.4 Å². The minimum atomic E-state index is 0.129. The van der Waals surface area contributed by atoms with E-state index in [2.05, 4.69) is 20.1 Å². The summed E-state index contributed by atoms with van der Waals surface area (Å²) in [5.41, 5.74) is 2.26. The van der Waals surface area contributed by atoms with E-state index in [-0.39, 0.29) is 5.78 Å². The lowest BCUT2D eigenvalue weighted by atomic mass is 9.96. The molecule has 0 unspecified atom stereocenters. The smallest absolute Gasteiger partial charge is 0.237 e. The molecule has 0 bridgehead atoms. The van der Waals surface area contributed by atoms with Gasteiger partial charge >= 0.3 is 0 Å². The van der Waals surface area contributed by atoms with E-state index in [1.54, 1.807) is 24.8 Å². The number of hydrogen-bond donors (Lipinski definition) is 0. The van der Waals surface area contributed by atoms with E-state index in [0.717, 1.165) is 24.1 Å². The minimum absolute atomic E-state index is 0.129. The molecule has 0 aromatic carbocycles. The zero-order valence-electron chi connectivity index (χ0n) is 12.1. The van der Waals surface area contributed by atoms with Crippen molar-refractivity contribution in [1.82, 2.24) is 20.1 Å². The summed E-state index contributed by atoms with van der Waals surface area (Å²) in [5.74, 6) is 1.58. The summed E-state index contributed by atoms with van der Waals surface area (Å²) in [6.45, 7) is 0. The summed E-state index contributed by atoms with van der Waals surface area (Å²) >= 11 is 1.40. The fourth-order valence-corrected chi connectivity index (χ4v) is 3.06. The maximum atomic E-state index is 11.8. The quantitative estimate of drug-likeness (QED) is 0.533. The Kier molecular flexibility index (Phi) is 3.66. The largest absolute Gasteiger partial charge is 0.472 e. The number of ketones is 1. The topological polar surface area (TPSA) is 94.9 Å². The van der Waals surface area contributed by atoms with Gasteiger partial charge in [-0.2, -0.15) is 4.98 Å². The number of furan rings is 1. The second-order valence-electron chi connectivity index (χ2n) is 5.10. The molecule has 3 aromatic heterocycles. The van der Waals surface area contributed by atoms with E-state index < -0.39 is 0 Å². The summed E-state index contributed by atoms with van der Waals surface area (Å²) in [4.78, 5) is 24.8. The number of nitrogens with zero attached hydrogens (tertiary/aromatic N) is 4. The Labute approximate surface area is 135 Å². The zero-order valence-corrected chi connectivity index (χ0v) is 12.9. The van der Waals surface area contributed by atoms with Crippen LogP contribution in [0.15, 0.2) is 38.9 Å². The van der Waals surface area contributed by atoms with Gasteiger partial charge in [-0.05, 0) is 18.9 Å². The van der Waals surface area contributed by atoms with Crippen LogP contribution in [0.3, 0.4) is 0 Å². The Bertz CT molecular complexity index is 844. The van der Waals surface area contributed by atoms with Gasteiger partial charge in [0.1, 0.15) is 6.26 Å². The highest BCUT2D eigenvalue weighted by Crippen LogP contribution is 2.24. The van der Waals surface area contributed by atoms with E-state index in [1.807, 2.05) is 0 Å². The van der Waals surface area contributed by atoms with E-state index in [1.165, 1.54) is 11.8 Å². The monoisotopic (exact) mass is 328 g/mol. The molecule has 0 saturated heterocycles. The lowest BCUT2D eigenvalue weighted by Gasteiger charge is -2.13. The third kappa shape index (κ3) is 2.89. The number of thioether (sulfide) groups is 1. The molecule has 1 aliphatic rings. The maximum absolute atomic E-state index is 11.8. The van der Waals surface area contributed by atoms with Crippen LogP contribution in [0.4, 0.5) is 0 Å². The molecule has 0 radical (unpaired) electrons. The van der Waals surface area contributed by atoms with Gasteiger partial charge in [-0.25, -0.2) is 9.97 Å². The molecule has 116 valence electrons. The highest BCUT2D eigenvalue weighted by atomic mass is 32.2. The number of rotatable bonds is 4. The lowest BCUT2D eigenvalue weighted by molar-refractivity contribution is 0.0970. The highest BCUT2D eigenvalue weighted by molar-refractivity contribution is 7.98. The molecule has 23 heavy (non-hydrogen) atoms. The molecule has 0 atom stereocenters. The van der Waals surface area contributed by atoms with Gasteiger partial charge in [-0.3, -0.25) is 4.79 Å². The molecule has 0 aliphatic heterocycles. The van der Waals surface area contributed by atoms with Crippen molar-refractivity contribution in [3.05, 3.63) is 41.9 Å². The maximum Gasteiger partial charge on any atom is 0.237 e. The number of aryl methyl sites for hydroxylation is 1. The van der Waals surface area contributed by atoms with Crippen LogP contribution in [0.2, 0.25) is 0 Å². The summed E-state index contributed by atoms with van der Waals surface area (Å²) in [6, 6.07) is 1.77. The Balaban J connectivity index is 1.46. The molecule has 0 saturated carbocycles. The second-order valence-corrected chi connectivity index (χ2v) is 6.04. The van der Waals surface area contributed by atoms with E-state index >= 15 is 0 Å². The van der Waals surface area contributed by atoms with E-state index in [9.17, 15) is 4.79 Å². The average Bonchev–Trinajstić information content (AvgIpc) is 3.24. The Morgan fingerprint density at radius 1 is 1.26 bits per heavy atom. The third-order valence-corrected chi connectivity index (χ3v) is 4.38. The first-order chi connectivity index (χ1) is 11.3.